The topological polar surface area (TPSA) is 41.6 Å². The summed E-state index contributed by atoms with van der Waals surface area (Å²) in [6.45, 7) is 0. The highest BCUT2D eigenvalue weighted by Gasteiger charge is 2.01. The summed E-state index contributed by atoms with van der Waals surface area (Å²) in [7, 11) is 0. The minimum atomic E-state index is 0.416. The van der Waals surface area contributed by atoms with Gasteiger partial charge < -0.3 is 4.98 Å². The van der Waals surface area contributed by atoms with Crippen molar-refractivity contribution in [2.75, 3.05) is 0 Å². The highest BCUT2D eigenvalue weighted by Crippen LogP contribution is 2.12. The molecule has 2 heterocycles. The molecule has 0 aromatic carbocycles. The molecule has 0 radical (unpaired) electrons. The van der Waals surface area contributed by atoms with Gasteiger partial charge >= 0.3 is 0 Å². The number of halogens is 1. The van der Waals surface area contributed by atoms with E-state index < -0.39 is 0 Å². The van der Waals surface area contributed by atoms with Crippen LogP contribution in [-0.4, -0.2) is 15.0 Å². The third-order valence-corrected chi connectivity index (χ3v) is 1.80. The van der Waals surface area contributed by atoms with E-state index in [4.69, 9.17) is 11.6 Å². The highest BCUT2D eigenvalue weighted by molar-refractivity contribution is 6.17. The van der Waals surface area contributed by atoms with E-state index in [0.717, 1.165) is 16.7 Å². The number of fused-ring (bicyclic) bond motifs is 1. The molecule has 56 valence electrons. The average molecular weight is 168 g/mol. The largest absolute Gasteiger partial charge is 0.358 e. The lowest BCUT2D eigenvalue weighted by atomic mass is 10.3. The fraction of sp³-hybridized carbons (Fsp3) is 0.143. The summed E-state index contributed by atoms with van der Waals surface area (Å²) in [5.41, 5.74) is 2.69. The second kappa shape index (κ2) is 2.51. The number of hydrogen-bond acceptors (Lipinski definition) is 2. The van der Waals surface area contributed by atoms with Crippen LogP contribution in [0.4, 0.5) is 0 Å². The Hall–Kier alpha value is -1.09. The Bertz CT molecular complexity index is 368. The van der Waals surface area contributed by atoms with Crippen molar-refractivity contribution < 1.29 is 0 Å². The Morgan fingerprint density at radius 1 is 1.45 bits per heavy atom. The number of alkyl halides is 1. The molecule has 11 heavy (non-hydrogen) atoms. The first-order valence-corrected chi connectivity index (χ1v) is 3.78. The van der Waals surface area contributed by atoms with E-state index in [1.54, 1.807) is 0 Å². The van der Waals surface area contributed by atoms with Gasteiger partial charge in [-0.05, 0) is 6.07 Å². The predicted molar refractivity (Wildman–Crippen MR) is 43.4 cm³/mol. The zero-order valence-corrected chi connectivity index (χ0v) is 6.47. The van der Waals surface area contributed by atoms with Gasteiger partial charge in [0.05, 0.1) is 22.6 Å². The average Bonchev–Trinajstić information content (AvgIpc) is 2.50. The van der Waals surface area contributed by atoms with Crippen LogP contribution in [-0.2, 0) is 5.88 Å². The van der Waals surface area contributed by atoms with Crippen LogP contribution in [0.1, 0.15) is 5.69 Å². The van der Waals surface area contributed by atoms with Crippen molar-refractivity contribution >= 4 is 22.6 Å². The summed E-state index contributed by atoms with van der Waals surface area (Å²) < 4.78 is 0. The van der Waals surface area contributed by atoms with Crippen molar-refractivity contribution in [1.29, 1.82) is 0 Å². The van der Waals surface area contributed by atoms with Crippen LogP contribution in [0.15, 0.2) is 18.6 Å². The smallest absolute Gasteiger partial charge is 0.116 e. The monoisotopic (exact) mass is 167 g/mol. The molecule has 0 aliphatic heterocycles. The van der Waals surface area contributed by atoms with Gasteiger partial charge in [-0.1, -0.05) is 0 Å². The molecular weight excluding hydrogens is 162 g/mol. The second-order valence-electron chi connectivity index (χ2n) is 2.19. The summed E-state index contributed by atoms with van der Waals surface area (Å²) in [6.07, 6.45) is 3.35. The first-order valence-electron chi connectivity index (χ1n) is 3.25. The van der Waals surface area contributed by atoms with E-state index in [2.05, 4.69) is 15.0 Å². The van der Waals surface area contributed by atoms with Crippen LogP contribution in [0.3, 0.4) is 0 Å². The van der Waals surface area contributed by atoms with E-state index in [-0.39, 0.29) is 0 Å². The maximum Gasteiger partial charge on any atom is 0.116 e. The summed E-state index contributed by atoms with van der Waals surface area (Å²) in [4.78, 5) is 11.1. The molecule has 1 N–H and O–H groups in total. The molecular formula is C7H6ClN3. The summed E-state index contributed by atoms with van der Waals surface area (Å²) in [5.74, 6) is 0.416. The number of aromatic nitrogens is 3. The van der Waals surface area contributed by atoms with Crippen molar-refractivity contribution in [2.45, 2.75) is 5.88 Å². The van der Waals surface area contributed by atoms with E-state index in [1.807, 2.05) is 12.3 Å². The lowest BCUT2D eigenvalue weighted by molar-refractivity contribution is 1.12. The molecule has 4 heteroatoms. The molecule has 0 saturated heterocycles. The molecule has 0 saturated carbocycles. The van der Waals surface area contributed by atoms with Crippen LogP contribution in [0.2, 0.25) is 0 Å². The molecule has 0 fully saturated rings. The number of nitrogens with one attached hydrogen (secondary N) is 1. The lowest BCUT2D eigenvalue weighted by Gasteiger charge is -1.93. The molecule has 3 nitrogen and oxygen atoms in total. The summed E-state index contributed by atoms with van der Waals surface area (Å²) in [6, 6.07) is 1.90. The Kier molecular flexibility index (Phi) is 1.51. The quantitative estimate of drug-likeness (QED) is 0.657. The van der Waals surface area contributed by atoms with Gasteiger partial charge in [0.15, 0.2) is 0 Å². The molecule has 0 atom stereocenters. The molecule has 0 aliphatic rings. The van der Waals surface area contributed by atoms with Crippen molar-refractivity contribution in [1.82, 2.24) is 15.0 Å². The first-order chi connectivity index (χ1) is 5.42. The number of rotatable bonds is 1. The maximum absolute atomic E-state index is 5.65. The van der Waals surface area contributed by atoms with Gasteiger partial charge in [0.1, 0.15) is 6.33 Å². The van der Waals surface area contributed by atoms with Crippen LogP contribution in [0.5, 0.6) is 0 Å². The zero-order valence-electron chi connectivity index (χ0n) is 5.71. The van der Waals surface area contributed by atoms with Crippen molar-refractivity contribution in [3.63, 3.8) is 0 Å². The van der Waals surface area contributed by atoms with Crippen molar-refractivity contribution in [2.24, 2.45) is 0 Å². The molecule has 0 spiro atoms. The zero-order chi connectivity index (χ0) is 7.68. The molecule has 0 amide bonds. The van der Waals surface area contributed by atoms with E-state index in [9.17, 15) is 0 Å². The van der Waals surface area contributed by atoms with Crippen molar-refractivity contribution in [3.8, 4) is 0 Å². The SMILES string of the molecule is ClCc1ncnc2cc[nH]c12. The number of nitrogens with zero attached hydrogens (tertiary/aromatic N) is 2. The third kappa shape index (κ3) is 0.973. The van der Waals surface area contributed by atoms with Gasteiger partial charge in [-0.3, -0.25) is 0 Å². The van der Waals surface area contributed by atoms with Crippen LogP contribution in [0, 0.1) is 0 Å². The van der Waals surface area contributed by atoms with Crippen LogP contribution in [0.25, 0.3) is 11.0 Å². The number of hydrogen-bond donors (Lipinski definition) is 1. The third-order valence-electron chi connectivity index (χ3n) is 1.55. The minimum Gasteiger partial charge on any atom is -0.358 e. The molecule has 0 unspecified atom stereocenters. The van der Waals surface area contributed by atoms with Crippen molar-refractivity contribution in [3.05, 3.63) is 24.3 Å². The van der Waals surface area contributed by atoms with E-state index in [1.165, 1.54) is 6.33 Å². The Labute approximate surface area is 68.4 Å². The Morgan fingerprint density at radius 3 is 3.18 bits per heavy atom. The molecule has 0 aliphatic carbocycles. The fourth-order valence-electron chi connectivity index (χ4n) is 1.03. The minimum absolute atomic E-state index is 0.416. The summed E-state index contributed by atoms with van der Waals surface area (Å²) >= 11 is 5.65. The Balaban J connectivity index is 2.79. The molecule has 2 rings (SSSR count). The standard InChI is InChI=1S/C7H6ClN3/c8-3-6-7-5(1-2-9-7)10-4-11-6/h1-2,4,9H,3H2. The lowest BCUT2D eigenvalue weighted by Crippen LogP contribution is -1.87. The highest BCUT2D eigenvalue weighted by atomic mass is 35.5. The normalized spacial score (nSPS) is 10.6. The van der Waals surface area contributed by atoms with Gasteiger partial charge in [0.2, 0.25) is 0 Å². The van der Waals surface area contributed by atoms with Crippen LogP contribution >= 0.6 is 11.6 Å². The van der Waals surface area contributed by atoms with Gasteiger partial charge in [-0.15, -0.1) is 11.6 Å². The van der Waals surface area contributed by atoms with E-state index >= 15 is 0 Å². The van der Waals surface area contributed by atoms with Gasteiger partial charge in [0.25, 0.3) is 0 Å². The van der Waals surface area contributed by atoms with Gasteiger partial charge in [-0.2, -0.15) is 0 Å². The van der Waals surface area contributed by atoms with E-state index in [0.29, 0.717) is 5.88 Å². The molecule has 0 bridgehead atoms. The number of aromatic amines is 1. The predicted octanol–water partition coefficient (Wildman–Crippen LogP) is 1.70. The van der Waals surface area contributed by atoms with Gasteiger partial charge in [-0.25, -0.2) is 9.97 Å². The molecule has 2 aromatic rings. The van der Waals surface area contributed by atoms with Crippen LogP contribution < -0.4 is 0 Å². The van der Waals surface area contributed by atoms with Gasteiger partial charge in [0, 0.05) is 6.20 Å². The first kappa shape index (κ1) is 6.61. The molecule has 2 aromatic heterocycles. The fourth-order valence-corrected chi connectivity index (χ4v) is 1.23. The maximum atomic E-state index is 5.65. The second-order valence-corrected chi connectivity index (χ2v) is 2.46. The number of H-pyrrole nitrogens is 1. The summed E-state index contributed by atoms with van der Waals surface area (Å²) in [5, 5.41) is 0. The Morgan fingerprint density at radius 2 is 2.36 bits per heavy atom.